The molecule has 1 amide bonds. The van der Waals surface area contributed by atoms with E-state index < -0.39 is 0 Å². The largest absolute Gasteiger partial charge is 0.360 e. The molecule has 4 rings (SSSR count). The first-order chi connectivity index (χ1) is 12.8. The molecule has 3 aromatic carbocycles. The van der Waals surface area contributed by atoms with Crippen molar-refractivity contribution < 1.29 is 4.79 Å². The van der Waals surface area contributed by atoms with Gasteiger partial charge in [0.1, 0.15) is 12.2 Å². The van der Waals surface area contributed by atoms with Gasteiger partial charge in [0.25, 0.3) is 5.91 Å². The van der Waals surface area contributed by atoms with E-state index in [4.69, 9.17) is 0 Å². The third-order valence-electron chi connectivity index (χ3n) is 4.59. The maximum atomic E-state index is 13.0. The summed E-state index contributed by atoms with van der Waals surface area (Å²) in [7, 11) is 0. The molecule has 0 spiro atoms. The Morgan fingerprint density at radius 1 is 0.923 bits per heavy atom. The van der Waals surface area contributed by atoms with Crippen LogP contribution in [0.4, 0.5) is 5.69 Å². The predicted molar refractivity (Wildman–Crippen MR) is 100 cm³/mol. The third kappa shape index (κ3) is 2.80. The van der Waals surface area contributed by atoms with Crippen molar-refractivity contribution in [3.63, 3.8) is 0 Å². The molecule has 1 aliphatic rings. The average Bonchev–Trinajstić information content (AvgIpc) is 2.95. The van der Waals surface area contributed by atoms with Crippen LogP contribution in [-0.2, 0) is 6.54 Å². The van der Waals surface area contributed by atoms with Gasteiger partial charge < -0.3 is 10.2 Å². The number of fused-ring (bicyclic) bond motifs is 1. The Morgan fingerprint density at radius 2 is 1.62 bits per heavy atom. The van der Waals surface area contributed by atoms with Gasteiger partial charge in [-0.25, -0.2) is 0 Å². The maximum Gasteiger partial charge on any atom is 0.256 e. The van der Waals surface area contributed by atoms with Crippen molar-refractivity contribution in [3.8, 4) is 6.07 Å². The minimum absolute atomic E-state index is 0.00334. The molecule has 3 aromatic rings. The zero-order valence-corrected chi connectivity index (χ0v) is 14.1. The average molecular weight is 339 g/mol. The Bertz CT molecular complexity index is 992. The highest BCUT2D eigenvalue weighted by molar-refractivity contribution is 5.99. The molecule has 1 atom stereocenters. The van der Waals surface area contributed by atoms with Gasteiger partial charge in [-0.05, 0) is 23.8 Å². The van der Waals surface area contributed by atoms with Crippen LogP contribution in [0.5, 0.6) is 0 Å². The summed E-state index contributed by atoms with van der Waals surface area (Å²) in [5.74, 6) is -0.00334. The van der Waals surface area contributed by atoms with Gasteiger partial charge in [-0.2, -0.15) is 5.26 Å². The zero-order valence-electron chi connectivity index (χ0n) is 14.1. The van der Waals surface area contributed by atoms with E-state index in [1.165, 1.54) is 0 Å². The first kappa shape index (κ1) is 15.9. The Kier molecular flexibility index (Phi) is 4.12. The van der Waals surface area contributed by atoms with Gasteiger partial charge in [-0.1, -0.05) is 60.7 Å². The van der Waals surface area contributed by atoms with Crippen molar-refractivity contribution in [2.45, 2.75) is 12.7 Å². The standard InChI is InChI=1S/C22H17N3O/c23-14-17-10-4-7-13-20(17)24-21-18-11-5-6-12-19(18)22(26)25(21)15-16-8-2-1-3-9-16/h1-13,21,24H,15H2/t21-/m1/s1. The summed E-state index contributed by atoms with van der Waals surface area (Å²) in [5, 5.41) is 12.8. The second-order valence-corrected chi connectivity index (χ2v) is 6.21. The molecule has 0 bridgehead atoms. The third-order valence-corrected chi connectivity index (χ3v) is 4.59. The smallest absolute Gasteiger partial charge is 0.256 e. The number of nitrogens with zero attached hydrogens (tertiary/aromatic N) is 2. The number of carbonyl (C=O) groups excluding carboxylic acids is 1. The Balaban J connectivity index is 1.73. The molecule has 0 saturated carbocycles. The van der Waals surface area contributed by atoms with Gasteiger partial charge in [-0.3, -0.25) is 4.79 Å². The Morgan fingerprint density at radius 3 is 2.42 bits per heavy atom. The monoisotopic (exact) mass is 339 g/mol. The fourth-order valence-electron chi connectivity index (χ4n) is 3.32. The number of nitrogens with one attached hydrogen (secondary N) is 1. The molecular weight excluding hydrogens is 322 g/mol. The van der Waals surface area contributed by atoms with E-state index in [1.54, 1.807) is 6.07 Å². The fourth-order valence-corrected chi connectivity index (χ4v) is 3.32. The highest BCUT2D eigenvalue weighted by Crippen LogP contribution is 2.36. The first-order valence-electron chi connectivity index (χ1n) is 8.47. The van der Waals surface area contributed by atoms with Crippen LogP contribution in [-0.4, -0.2) is 10.8 Å². The molecule has 0 radical (unpaired) electrons. The van der Waals surface area contributed by atoms with E-state index >= 15 is 0 Å². The first-order valence-corrected chi connectivity index (χ1v) is 8.47. The van der Waals surface area contributed by atoms with Crippen molar-refractivity contribution in [2.75, 3.05) is 5.32 Å². The number of hydrogen-bond donors (Lipinski definition) is 1. The summed E-state index contributed by atoms with van der Waals surface area (Å²) in [4.78, 5) is 14.8. The molecular formula is C22H17N3O. The van der Waals surface area contributed by atoms with Gasteiger partial charge in [0.2, 0.25) is 0 Å². The zero-order chi connectivity index (χ0) is 17.9. The predicted octanol–water partition coefficient (Wildman–Crippen LogP) is 4.32. The van der Waals surface area contributed by atoms with Gasteiger partial charge in [0.05, 0.1) is 11.3 Å². The molecule has 26 heavy (non-hydrogen) atoms. The molecule has 0 unspecified atom stereocenters. The molecule has 4 nitrogen and oxygen atoms in total. The van der Waals surface area contributed by atoms with Crippen molar-refractivity contribution in [1.29, 1.82) is 5.26 Å². The topological polar surface area (TPSA) is 56.1 Å². The number of benzene rings is 3. The summed E-state index contributed by atoms with van der Waals surface area (Å²) in [6.45, 7) is 0.501. The van der Waals surface area contributed by atoms with Crippen LogP contribution in [0.15, 0.2) is 78.9 Å². The minimum atomic E-state index is -0.312. The van der Waals surface area contributed by atoms with Gasteiger partial charge in [0.15, 0.2) is 0 Å². The molecule has 4 heteroatoms. The molecule has 0 fully saturated rings. The molecule has 0 aromatic heterocycles. The quantitative estimate of drug-likeness (QED) is 0.770. The molecule has 0 saturated heterocycles. The van der Waals surface area contributed by atoms with Crippen LogP contribution in [0.25, 0.3) is 0 Å². The summed E-state index contributed by atoms with van der Waals surface area (Å²) >= 11 is 0. The number of nitriles is 1. The summed E-state index contributed by atoms with van der Waals surface area (Å²) in [6.07, 6.45) is -0.312. The van der Waals surface area contributed by atoms with Crippen LogP contribution in [0.1, 0.15) is 33.2 Å². The number of hydrogen-bond acceptors (Lipinski definition) is 3. The molecule has 1 aliphatic heterocycles. The van der Waals surface area contributed by atoms with E-state index in [0.29, 0.717) is 17.7 Å². The summed E-state index contributed by atoms with van der Waals surface area (Å²) in [6, 6.07) is 27.1. The highest BCUT2D eigenvalue weighted by atomic mass is 16.2. The Hall–Kier alpha value is -3.58. The Labute approximate surface area is 152 Å². The maximum absolute atomic E-state index is 13.0. The van der Waals surface area contributed by atoms with E-state index in [9.17, 15) is 10.1 Å². The number of para-hydroxylation sites is 1. The van der Waals surface area contributed by atoms with Crippen molar-refractivity contribution in [2.24, 2.45) is 0 Å². The lowest BCUT2D eigenvalue weighted by Crippen LogP contribution is -2.32. The molecule has 1 heterocycles. The van der Waals surface area contributed by atoms with Gasteiger partial charge in [0, 0.05) is 17.7 Å². The lowest BCUT2D eigenvalue weighted by atomic mass is 10.1. The molecule has 126 valence electrons. The van der Waals surface area contributed by atoms with Crippen LogP contribution >= 0.6 is 0 Å². The number of rotatable bonds is 4. The van der Waals surface area contributed by atoms with Crippen molar-refractivity contribution in [3.05, 3.63) is 101 Å². The number of amides is 1. The number of anilines is 1. The van der Waals surface area contributed by atoms with Crippen LogP contribution in [0.3, 0.4) is 0 Å². The van der Waals surface area contributed by atoms with Crippen LogP contribution in [0.2, 0.25) is 0 Å². The van der Waals surface area contributed by atoms with E-state index in [2.05, 4.69) is 11.4 Å². The summed E-state index contributed by atoms with van der Waals surface area (Å²) < 4.78 is 0. The van der Waals surface area contributed by atoms with Gasteiger partial charge >= 0.3 is 0 Å². The lowest BCUT2D eigenvalue weighted by Gasteiger charge is -2.27. The van der Waals surface area contributed by atoms with E-state index in [1.807, 2.05) is 77.7 Å². The highest BCUT2D eigenvalue weighted by Gasteiger charge is 2.36. The molecule has 1 N–H and O–H groups in total. The van der Waals surface area contributed by atoms with Crippen molar-refractivity contribution >= 4 is 11.6 Å². The number of carbonyl (C=O) groups is 1. The SMILES string of the molecule is N#Cc1ccccc1N[C@H]1c2ccccc2C(=O)N1Cc1ccccc1. The van der Waals surface area contributed by atoms with E-state index in [0.717, 1.165) is 16.8 Å². The minimum Gasteiger partial charge on any atom is -0.360 e. The fraction of sp³-hybridized carbons (Fsp3) is 0.0909. The lowest BCUT2D eigenvalue weighted by molar-refractivity contribution is 0.0729. The summed E-state index contributed by atoms with van der Waals surface area (Å²) in [5.41, 5.74) is 3.98. The molecule has 0 aliphatic carbocycles. The second-order valence-electron chi connectivity index (χ2n) is 6.21. The van der Waals surface area contributed by atoms with Gasteiger partial charge in [-0.15, -0.1) is 0 Å². The second kappa shape index (κ2) is 6.73. The van der Waals surface area contributed by atoms with Crippen LogP contribution in [0, 0.1) is 11.3 Å². The van der Waals surface area contributed by atoms with Crippen LogP contribution < -0.4 is 5.32 Å². The normalized spacial score (nSPS) is 15.4. The van der Waals surface area contributed by atoms with Crippen molar-refractivity contribution in [1.82, 2.24) is 4.90 Å². The van der Waals surface area contributed by atoms with E-state index in [-0.39, 0.29) is 12.1 Å².